The molecule has 1 aliphatic rings. The molecule has 2 rings (SSSR count). The molecule has 6 nitrogen and oxygen atoms in total. The van der Waals surface area contributed by atoms with Gasteiger partial charge in [-0.3, -0.25) is 4.79 Å². The highest BCUT2D eigenvalue weighted by molar-refractivity contribution is 5.77. The van der Waals surface area contributed by atoms with E-state index in [9.17, 15) is 9.59 Å². The van der Waals surface area contributed by atoms with Gasteiger partial charge in [-0.05, 0) is 11.5 Å². The van der Waals surface area contributed by atoms with Gasteiger partial charge in [0.15, 0.2) is 6.73 Å². The Morgan fingerprint density at radius 1 is 1.40 bits per heavy atom. The van der Waals surface area contributed by atoms with Gasteiger partial charge in [-0.1, -0.05) is 49.2 Å². The fourth-order valence-corrected chi connectivity index (χ4v) is 1.94. The molecule has 1 aliphatic heterocycles. The summed E-state index contributed by atoms with van der Waals surface area (Å²) >= 11 is 0. The van der Waals surface area contributed by atoms with Crippen LogP contribution in [0.25, 0.3) is 0 Å². The third-order valence-electron chi connectivity index (χ3n) is 2.91. The Hall–Kier alpha value is -2.08. The molecule has 0 spiro atoms. The Morgan fingerprint density at radius 3 is 2.75 bits per heavy atom. The molecular weight excluding hydrogens is 262 g/mol. The van der Waals surface area contributed by atoms with Crippen molar-refractivity contribution in [3.05, 3.63) is 35.9 Å². The third kappa shape index (κ3) is 3.48. The van der Waals surface area contributed by atoms with E-state index < -0.39 is 18.2 Å². The first kappa shape index (κ1) is 14.3. The number of cyclic esters (lactones) is 1. The molecular formula is C14H17NO5. The van der Waals surface area contributed by atoms with E-state index in [2.05, 4.69) is 0 Å². The lowest BCUT2D eigenvalue weighted by Crippen LogP contribution is -2.39. The van der Waals surface area contributed by atoms with Gasteiger partial charge in [0, 0.05) is 0 Å². The Kier molecular flexibility index (Phi) is 4.57. The summed E-state index contributed by atoms with van der Waals surface area (Å²) in [6.45, 7) is 3.75. The Morgan fingerprint density at radius 2 is 2.10 bits per heavy atom. The van der Waals surface area contributed by atoms with E-state index in [-0.39, 0.29) is 19.3 Å². The molecule has 0 amide bonds. The second-order valence-corrected chi connectivity index (χ2v) is 4.81. The fraction of sp³-hybridized carbons (Fsp3) is 0.429. The molecule has 1 aromatic carbocycles. The van der Waals surface area contributed by atoms with Crippen molar-refractivity contribution in [1.82, 2.24) is 5.06 Å². The molecule has 0 saturated carbocycles. The number of benzene rings is 1. The van der Waals surface area contributed by atoms with Crippen LogP contribution in [0.2, 0.25) is 0 Å². The van der Waals surface area contributed by atoms with E-state index in [1.165, 1.54) is 5.06 Å². The molecule has 1 saturated heterocycles. The summed E-state index contributed by atoms with van der Waals surface area (Å²) in [5.41, 5.74) is 0.860. The Labute approximate surface area is 117 Å². The summed E-state index contributed by atoms with van der Waals surface area (Å²) in [7, 11) is 0. The lowest BCUT2D eigenvalue weighted by molar-refractivity contribution is -0.158. The van der Waals surface area contributed by atoms with Gasteiger partial charge >= 0.3 is 12.1 Å². The topological polar surface area (TPSA) is 65.1 Å². The van der Waals surface area contributed by atoms with Crippen LogP contribution in [0.1, 0.15) is 19.4 Å². The van der Waals surface area contributed by atoms with Crippen LogP contribution in [0, 0.1) is 5.92 Å². The number of nitrogens with zero attached hydrogens (tertiary/aromatic N) is 1. The molecule has 0 N–H and O–H groups in total. The molecule has 0 aromatic heterocycles. The minimum Gasteiger partial charge on any atom is -0.445 e. The molecule has 1 atom stereocenters. The third-order valence-corrected chi connectivity index (χ3v) is 2.91. The second-order valence-electron chi connectivity index (χ2n) is 4.81. The monoisotopic (exact) mass is 279 g/mol. The van der Waals surface area contributed by atoms with Crippen molar-refractivity contribution in [1.29, 1.82) is 0 Å². The van der Waals surface area contributed by atoms with E-state index in [0.717, 1.165) is 5.56 Å². The van der Waals surface area contributed by atoms with Gasteiger partial charge in [0.2, 0.25) is 0 Å². The smallest absolute Gasteiger partial charge is 0.445 e. The average Bonchev–Trinajstić information content (AvgIpc) is 2.78. The maximum Gasteiger partial charge on any atom is 0.528 e. The fourth-order valence-electron chi connectivity index (χ4n) is 1.94. The zero-order chi connectivity index (χ0) is 14.5. The summed E-state index contributed by atoms with van der Waals surface area (Å²) < 4.78 is 9.84. The molecule has 0 aliphatic carbocycles. The summed E-state index contributed by atoms with van der Waals surface area (Å²) in [6, 6.07) is 8.68. The summed E-state index contributed by atoms with van der Waals surface area (Å²) in [6.07, 6.45) is -0.849. The molecule has 20 heavy (non-hydrogen) atoms. The highest BCUT2D eigenvalue weighted by Gasteiger charge is 2.40. The number of esters is 1. The number of hydroxylamine groups is 2. The first-order chi connectivity index (χ1) is 9.58. The quantitative estimate of drug-likeness (QED) is 0.786. The van der Waals surface area contributed by atoms with Crippen molar-refractivity contribution in [2.75, 3.05) is 6.73 Å². The number of rotatable bonds is 4. The maximum absolute atomic E-state index is 11.6. The second kappa shape index (κ2) is 6.38. The number of hydrogen-bond donors (Lipinski definition) is 0. The van der Waals surface area contributed by atoms with Gasteiger partial charge in [-0.2, -0.15) is 0 Å². The first-order valence-corrected chi connectivity index (χ1v) is 6.40. The van der Waals surface area contributed by atoms with Gasteiger partial charge in [0.25, 0.3) is 0 Å². The predicted octanol–water partition coefficient (Wildman–Crippen LogP) is 2.10. The van der Waals surface area contributed by atoms with Crippen molar-refractivity contribution in [3.63, 3.8) is 0 Å². The van der Waals surface area contributed by atoms with Crippen LogP contribution in [0.5, 0.6) is 0 Å². The Balaban J connectivity index is 1.84. The van der Waals surface area contributed by atoms with Gasteiger partial charge in [-0.15, -0.1) is 0 Å². The molecule has 6 heteroatoms. The van der Waals surface area contributed by atoms with E-state index in [1.54, 1.807) is 0 Å². The minimum atomic E-state index is -0.849. The van der Waals surface area contributed by atoms with Crippen LogP contribution in [-0.4, -0.2) is 30.0 Å². The van der Waals surface area contributed by atoms with Crippen LogP contribution in [0.15, 0.2) is 30.3 Å². The number of carbonyl (C=O) groups excluding carboxylic acids is 2. The minimum absolute atomic E-state index is 0.0214. The van der Waals surface area contributed by atoms with Crippen molar-refractivity contribution in [2.45, 2.75) is 26.5 Å². The van der Waals surface area contributed by atoms with Crippen LogP contribution in [0.4, 0.5) is 4.79 Å². The zero-order valence-corrected chi connectivity index (χ0v) is 11.4. The van der Waals surface area contributed by atoms with Crippen LogP contribution in [0.3, 0.4) is 0 Å². The van der Waals surface area contributed by atoms with Crippen LogP contribution < -0.4 is 0 Å². The van der Waals surface area contributed by atoms with Crippen LogP contribution >= 0.6 is 0 Å². The zero-order valence-electron chi connectivity index (χ0n) is 11.4. The highest BCUT2D eigenvalue weighted by atomic mass is 16.8. The molecule has 0 bridgehead atoms. The predicted molar refractivity (Wildman–Crippen MR) is 69.1 cm³/mol. The van der Waals surface area contributed by atoms with Gasteiger partial charge in [0.1, 0.15) is 12.6 Å². The largest absolute Gasteiger partial charge is 0.528 e. The van der Waals surface area contributed by atoms with Crippen molar-refractivity contribution in [2.24, 2.45) is 5.92 Å². The van der Waals surface area contributed by atoms with Crippen molar-refractivity contribution in [3.8, 4) is 0 Å². The van der Waals surface area contributed by atoms with E-state index in [0.29, 0.717) is 0 Å². The molecule has 1 fully saturated rings. The van der Waals surface area contributed by atoms with Gasteiger partial charge in [-0.25, -0.2) is 4.79 Å². The standard InChI is InChI=1S/C14H17NO5/c1-10(2)12-13(16)19-9-15(12)20-14(17)18-8-11-6-4-3-5-7-11/h3-7,10,12H,8-9H2,1-2H3/t12-/m0/s1. The van der Waals surface area contributed by atoms with E-state index in [1.807, 2.05) is 44.2 Å². The van der Waals surface area contributed by atoms with E-state index >= 15 is 0 Å². The Bertz CT molecular complexity index is 474. The first-order valence-electron chi connectivity index (χ1n) is 6.40. The highest BCUT2D eigenvalue weighted by Crippen LogP contribution is 2.19. The van der Waals surface area contributed by atoms with Crippen LogP contribution in [-0.2, 0) is 25.7 Å². The SMILES string of the molecule is CC(C)[C@H]1C(=O)OCN1OC(=O)OCc1ccccc1. The molecule has 1 aromatic rings. The molecule has 108 valence electrons. The number of ether oxygens (including phenoxy) is 2. The summed E-state index contributed by atoms with van der Waals surface area (Å²) in [5, 5.41) is 1.21. The lowest BCUT2D eigenvalue weighted by atomic mass is 10.1. The normalized spacial score (nSPS) is 18.9. The molecule has 0 unspecified atom stereocenters. The molecule has 0 radical (unpaired) electrons. The lowest BCUT2D eigenvalue weighted by Gasteiger charge is -2.20. The van der Waals surface area contributed by atoms with Gasteiger partial charge < -0.3 is 14.3 Å². The van der Waals surface area contributed by atoms with E-state index in [4.69, 9.17) is 14.3 Å². The number of carbonyl (C=O) groups is 2. The van der Waals surface area contributed by atoms with Crippen molar-refractivity contribution >= 4 is 12.1 Å². The maximum atomic E-state index is 11.6. The summed E-state index contributed by atoms with van der Waals surface area (Å²) in [5.74, 6) is -0.414. The number of hydrogen-bond acceptors (Lipinski definition) is 6. The van der Waals surface area contributed by atoms with Crippen molar-refractivity contribution < 1.29 is 23.9 Å². The van der Waals surface area contributed by atoms with Gasteiger partial charge in [0.05, 0.1) is 0 Å². The summed E-state index contributed by atoms with van der Waals surface area (Å²) in [4.78, 5) is 28.1. The average molecular weight is 279 g/mol. The molecule has 1 heterocycles.